The Kier molecular flexibility index (Phi) is 9.81. The van der Waals surface area contributed by atoms with Gasteiger partial charge in [0.15, 0.2) is 9.84 Å². The molecule has 1 unspecified atom stereocenters. The van der Waals surface area contributed by atoms with Gasteiger partial charge >= 0.3 is 24.5 Å². The largest absolute Gasteiger partial charge is 0.573 e. The van der Waals surface area contributed by atoms with Gasteiger partial charge in [-0.05, 0) is 55.8 Å². The van der Waals surface area contributed by atoms with Crippen molar-refractivity contribution in [2.24, 2.45) is 5.73 Å². The Hall–Kier alpha value is -5.08. The van der Waals surface area contributed by atoms with Crippen molar-refractivity contribution in [3.05, 3.63) is 92.8 Å². The number of nitrogens with one attached hydrogen (secondary N) is 1. The number of carbonyl (C=O) groups is 2. The third-order valence-electron chi connectivity index (χ3n) is 6.78. The normalized spacial score (nSPS) is 14.1. The van der Waals surface area contributed by atoms with Crippen LogP contribution < -0.4 is 15.8 Å². The first kappa shape index (κ1) is 36.8. The number of halogens is 7. The number of hydrogen-bond acceptors (Lipinski definition) is 12. The number of nitrogens with two attached hydrogens (primary N) is 1. The summed E-state index contributed by atoms with van der Waals surface area (Å²) in [5, 5.41) is 13.1. The number of esters is 2. The summed E-state index contributed by atoms with van der Waals surface area (Å²) in [6.45, 7) is 2.30. The van der Waals surface area contributed by atoms with E-state index in [0.29, 0.717) is 0 Å². The van der Waals surface area contributed by atoms with Gasteiger partial charge < -0.3 is 20.5 Å². The van der Waals surface area contributed by atoms with Gasteiger partial charge in [0.05, 0.1) is 32.0 Å². The number of non-ortho nitro benzene ring substituents is 1. The predicted octanol–water partition coefficient (Wildman–Crippen LogP) is 5.95. The standard InChI is InChI=1S/C28H20ClF6N5O8S/c1-13-37-21-17(4-3-5-18(21)24(41)47-25(42)27(30,31)32)23(38-13)39-22(14-6-11-20(19(29)12-14)48-28(33,34)35)26(2,36)49(45,46)16-9-7-15(8-10-16)40(43)44/h3-12,22H,36H2,1-2H3,(H,37,38,39)/t22-,26?/m0/s1. The minimum atomic E-state index is -5.51. The molecule has 0 aliphatic heterocycles. The molecule has 0 saturated heterocycles. The zero-order chi connectivity index (χ0) is 36.7. The Bertz CT molecular complexity index is 2080. The van der Waals surface area contributed by atoms with Crippen LogP contribution in [0.1, 0.15) is 34.7 Å². The number of anilines is 1. The van der Waals surface area contributed by atoms with E-state index in [9.17, 15) is 54.5 Å². The van der Waals surface area contributed by atoms with E-state index >= 15 is 0 Å². The molecule has 1 heterocycles. The van der Waals surface area contributed by atoms with Gasteiger partial charge in [-0.1, -0.05) is 23.7 Å². The molecule has 21 heteroatoms. The molecule has 260 valence electrons. The van der Waals surface area contributed by atoms with Crippen LogP contribution in [0.2, 0.25) is 5.02 Å². The van der Waals surface area contributed by atoms with Crippen LogP contribution in [0.5, 0.6) is 5.75 Å². The van der Waals surface area contributed by atoms with Crippen LogP contribution in [0.15, 0.2) is 65.6 Å². The van der Waals surface area contributed by atoms with E-state index in [4.69, 9.17) is 17.3 Å². The van der Waals surface area contributed by atoms with E-state index in [1.807, 2.05) is 0 Å². The number of benzene rings is 3. The number of sulfone groups is 1. The maximum atomic E-state index is 14.0. The Morgan fingerprint density at radius 1 is 1.02 bits per heavy atom. The van der Waals surface area contributed by atoms with Crippen molar-refractivity contribution in [2.75, 3.05) is 5.32 Å². The smallest absolute Gasteiger partial charge is 0.404 e. The SMILES string of the molecule is Cc1nc(N[C@@H](c2ccc(OC(F)(F)F)c(Cl)c2)C(C)(N)S(=O)(=O)c2ccc([N+](=O)[O-])cc2)c2cccc(C(=O)OC(=O)C(F)(F)F)c2n1. The van der Waals surface area contributed by atoms with Crippen molar-refractivity contribution in [1.29, 1.82) is 0 Å². The van der Waals surface area contributed by atoms with Gasteiger partial charge in [-0.2, -0.15) is 13.2 Å². The zero-order valence-electron chi connectivity index (χ0n) is 24.6. The second-order valence-corrected chi connectivity index (χ2v) is 13.0. The minimum Gasteiger partial charge on any atom is -0.404 e. The summed E-state index contributed by atoms with van der Waals surface area (Å²) in [6, 6.07) is 8.03. The van der Waals surface area contributed by atoms with Gasteiger partial charge in [-0.3, -0.25) is 10.1 Å². The molecule has 13 nitrogen and oxygen atoms in total. The summed E-state index contributed by atoms with van der Waals surface area (Å²) in [5.41, 5.74) is 4.92. The van der Waals surface area contributed by atoms with Crippen LogP contribution >= 0.6 is 11.6 Å². The lowest BCUT2D eigenvalue weighted by Crippen LogP contribution is -2.52. The molecule has 0 amide bonds. The number of rotatable bonds is 9. The van der Waals surface area contributed by atoms with Crippen LogP contribution in [0, 0.1) is 17.0 Å². The first-order valence-electron chi connectivity index (χ1n) is 13.2. The number of aromatic nitrogens is 2. The van der Waals surface area contributed by atoms with E-state index in [1.54, 1.807) is 0 Å². The highest BCUT2D eigenvalue weighted by atomic mass is 35.5. The van der Waals surface area contributed by atoms with Crippen molar-refractivity contribution in [1.82, 2.24) is 9.97 Å². The highest BCUT2D eigenvalue weighted by Gasteiger charge is 2.46. The van der Waals surface area contributed by atoms with Crippen molar-refractivity contribution < 1.29 is 58.7 Å². The number of aryl methyl sites for hydroxylation is 1. The molecule has 49 heavy (non-hydrogen) atoms. The number of carbonyl (C=O) groups excluding carboxylic acids is 2. The number of nitro groups is 1. The predicted molar refractivity (Wildman–Crippen MR) is 158 cm³/mol. The van der Waals surface area contributed by atoms with E-state index in [-0.39, 0.29) is 28.1 Å². The zero-order valence-corrected chi connectivity index (χ0v) is 26.2. The molecule has 4 aromatic rings. The number of ether oxygens (including phenoxy) is 2. The third-order valence-corrected chi connectivity index (χ3v) is 9.36. The van der Waals surface area contributed by atoms with Gasteiger partial charge in [0, 0.05) is 17.5 Å². The lowest BCUT2D eigenvalue weighted by molar-refractivity contribution is -0.384. The lowest BCUT2D eigenvalue weighted by Gasteiger charge is -2.35. The fourth-order valence-corrected chi connectivity index (χ4v) is 6.23. The fraction of sp³-hybridized carbons (Fsp3) is 0.214. The maximum absolute atomic E-state index is 14.0. The molecule has 0 spiro atoms. The molecule has 4 rings (SSSR count). The molecule has 0 aliphatic carbocycles. The monoisotopic (exact) mass is 735 g/mol. The number of alkyl halides is 6. The summed E-state index contributed by atoms with van der Waals surface area (Å²) in [4.78, 5) is 39.5. The third kappa shape index (κ3) is 7.81. The van der Waals surface area contributed by atoms with Crippen LogP contribution in [0.25, 0.3) is 10.9 Å². The number of nitro benzene ring substituents is 1. The van der Waals surface area contributed by atoms with Crippen molar-refractivity contribution in [3.63, 3.8) is 0 Å². The molecule has 0 aliphatic rings. The summed E-state index contributed by atoms with van der Waals surface area (Å²) in [5.74, 6) is -5.81. The van der Waals surface area contributed by atoms with Crippen molar-refractivity contribution >= 4 is 55.8 Å². The summed E-state index contributed by atoms with van der Waals surface area (Å²) < 4.78 is 113. The lowest BCUT2D eigenvalue weighted by atomic mass is 9.99. The van der Waals surface area contributed by atoms with Crippen molar-refractivity contribution in [3.8, 4) is 5.75 Å². The Balaban J connectivity index is 1.90. The van der Waals surface area contributed by atoms with E-state index in [1.165, 1.54) is 13.0 Å². The first-order valence-corrected chi connectivity index (χ1v) is 15.1. The minimum absolute atomic E-state index is 0.129. The highest BCUT2D eigenvalue weighted by Crippen LogP contribution is 2.40. The second kappa shape index (κ2) is 13.1. The maximum Gasteiger partial charge on any atom is 0.573 e. The quantitative estimate of drug-likeness (QED) is 0.0676. The van der Waals surface area contributed by atoms with Crippen LogP contribution in [-0.2, 0) is 19.4 Å². The number of para-hydroxylation sites is 1. The number of hydrogen-bond donors (Lipinski definition) is 2. The molecule has 3 N–H and O–H groups in total. The fourth-order valence-electron chi connectivity index (χ4n) is 4.49. The molecule has 0 radical (unpaired) electrons. The Labute approximate surface area is 276 Å². The molecule has 2 atom stereocenters. The summed E-state index contributed by atoms with van der Waals surface area (Å²) in [7, 11) is -4.74. The van der Waals surface area contributed by atoms with Gasteiger partial charge in [-0.25, -0.2) is 28.0 Å². The molecule has 3 aromatic carbocycles. The molecular formula is C28H20ClF6N5O8S. The average Bonchev–Trinajstić information content (AvgIpc) is 2.99. The van der Waals surface area contributed by atoms with E-state index in [0.717, 1.165) is 61.5 Å². The number of fused-ring (bicyclic) bond motifs is 1. The topological polar surface area (TPSA) is 194 Å². The second-order valence-electron chi connectivity index (χ2n) is 10.2. The van der Waals surface area contributed by atoms with Crippen LogP contribution in [0.3, 0.4) is 0 Å². The van der Waals surface area contributed by atoms with Crippen LogP contribution in [-0.4, -0.2) is 52.7 Å². The highest BCUT2D eigenvalue weighted by molar-refractivity contribution is 7.92. The summed E-state index contributed by atoms with van der Waals surface area (Å²) >= 11 is 6.07. The van der Waals surface area contributed by atoms with Gasteiger partial charge in [-0.15, -0.1) is 13.2 Å². The first-order chi connectivity index (χ1) is 22.5. The molecular weight excluding hydrogens is 716 g/mol. The Morgan fingerprint density at radius 3 is 2.20 bits per heavy atom. The average molecular weight is 736 g/mol. The van der Waals surface area contributed by atoms with E-state index < -0.39 is 77.1 Å². The van der Waals surface area contributed by atoms with Gasteiger partial charge in [0.1, 0.15) is 22.3 Å². The molecule has 0 fully saturated rings. The molecule has 0 bridgehead atoms. The van der Waals surface area contributed by atoms with Crippen molar-refractivity contribution in [2.45, 2.75) is 42.2 Å². The van der Waals surface area contributed by atoms with Gasteiger partial charge in [0.2, 0.25) is 0 Å². The van der Waals surface area contributed by atoms with Crippen LogP contribution in [0.4, 0.5) is 37.8 Å². The number of nitrogens with zero attached hydrogens (tertiary/aromatic N) is 3. The summed E-state index contributed by atoms with van der Waals surface area (Å²) in [6.07, 6.45) is -10.7. The molecule has 0 saturated carbocycles. The molecule has 1 aromatic heterocycles. The Morgan fingerprint density at radius 2 is 1.65 bits per heavy atom. The van der Waals surface area contributed by atoms with E-state index in [2.05, 4.69) is 24.8 Å². The van der Waals surface area contributed by atoms with Gasteiger partial charge in [0.25, 0.3) is 5.69 Å².